The minimum Gasteiger partial charge on any atom is -0.493 e. The molecule has 0 aliphatic heterocycles. The van der Waals surface area contributed by atoms with E-state index < -0.39 is 10.8 Å². The second-order valence-electron chi connectivity index (χ2n) is 5.79. The van der Waals surface area contributed by atoms with Crippen molar-refractivity contribution in [3.63, 3.8) is 0 Å². The number of thiazole rings is 1. The number of benzene rings is 2. The standard InChI is InChI=1S/C19H13N3O5S/c1-26-15-4-2-3-12-9-16(27-17(12)15)18(23)21-19-20-14(10-28-19)11-5-7-13(8-6-11)22(24)25/h2-10H,1H3,(H,20,21,23). The first-order valence-corrected chi connectivity index (χ1v) is 9.01. The van der Waals surface area contributed by atoms with E-state index in [0.717, 1.165) is 10.9 Å². The molecule has 0 unspecified atom stereocenters. The second-order valence-corrected chi connectivity index (χ2v) is 6.64. The molecule has 0 saturated carbocycles. The molecule has 0 radical (unpaired) electrons. The number of hydrogen-bond donors (Lipinski definition) is 1. The van der Waals surface area contributed by atoms with E-state index in [1.165, 1.54) is 30.6 Å². The lowest BCUT2D eigenvalue weighted by molar-refractivity contribution is -0.384. The molecule has 2 aromatic carbocycles. The summed E-state index contributed by atoms with van der Waals surface area (Å²) in [4.78, 5) is 27.1. The molecule has 4 rings (SSSR count). The van der Waals surface area contributed by atoms with Gasteiger partial charge in [-0.25, -0.2) is 4.98 Å². The minimum atomic E-state index is -0.460. The predicted molar refractivity (Wildman–Crippen MR) is 105 cm³/mol. The molecule has 0 fully saturated rings. The van der Waals surface area contributed by atoms with Gasteiger partial charge in [-0.05, 0) is 24.3 Å². The fourth-order valence-electron chi connectivity index (χ4n) is 2.69. The molecule has 0 bridgehead atoms. The Morgan fingerprint density at radius 3 is 2.75 bits per heavy atom. The number of amides is 1. The van der Waals surface area contributed by atoms with Crippen LogP contribution in [0.1, 0.15) is 10.6 Å². The zero-order valence-corrected chi connectivity index (χ0v) is 15.4. The second kappa shape index (κ2) is 7.12. The third-order valence-electron chi connectivity index (χ3n) is 4.05. The van der Waals surface area contributed by atoms with Gasteiger partial charge in [0.2, 0.25) is 0 Å². The van der Waals surface area contributed by atoms with Gasteiger partial charge in [0.15, 0.2) is 22.2 Å². The summed E-state index contributed by atoms with van der Waals surface area (Å²) in [5.41, 5.74) is 1.84. The number of para-hydroxylation sites is 1. The van der Waals surface area contributed by atoms with Gasteiger partial charge in [0.05, 0.1) is 17.7 Å². The smallest absolute Gasteiger partial charge is 0.293 e. The van der Waals surface area contributed by atoms with E-state index in [4.69, 9.17) is 9.15 Å². The quantitative estimate of drug-likeness (QED) is 0.387. The lowest BCUT2D eigenvalue weighted by Crippen LogP contribution is -2.10. The molecular formula is C19H13N3O5S. The van der Waals surface area contributed by atoms with Crippen molar-refractivity contribution in [3.05, 3.63) is 69.8 Å². The fraction of sp³-hybridized carbons (Fsp3) is 0.0526. The van der Waals surface area contributed by atoms with E-state index in [0.29, 0.717) is 22.2 Å². The summed E-state index contributed by atoms with van der Waals surface area (Å²) in [7, 11) is 1.53. The van der Waals surface area contributed by atoms with Gasteiger partial charge in [0, 0.05) is 28.5 Å². The van der Waals surface area contributed by atoms with Crippen LogP contribution < -0.4 is 10.1 Å². The van der Waals surface area contributed by atoms with Crippen LogP contribution in [0.25, 0.3) is 22.2 Å². The maximum absolute atomic E-state index is 12.5. The van der Waals surface area contributed by atoms with Crippen molar-refractivity contribution in [1.29, 1.82) is 0 Å². The highest BCUT2D eigenvalue weighted by atomic mass is 32.1. The molecule has 8 nitrogen and oxygen atoms in total. The third kappa shape index (κ3) is 3.30. The van der Waals surface area contributed by atoms with Crippen LogP contribution in [0.4, 0.5) is 10.8 Å². The molecule has 2 heterocycles. The van der Waals surface area contributed by atoms with Gasteiger partial charge in [-0.3, -0.25) is 20.2 Å². The van der Waals surface area contributed by atoms with Gasteiger partial charge >= 0.3 is 0 Å². The summed E-state index contributed by atoms with van der Waals surface area (Å²) in [5, 5.41) is 16.4. The Balaban J connectivity index is 1.53. The van der Waals surface area contributed by atoms with Crippen molar-refractivity contribution in [2.24, 2.45) is 0 Å². The van der Waals surface area contributed by atoms with Crippen LogP contribution in [0.3, 0.4) is 0 Å². The van der Waals surface area contributed by atoms with Crippen LogP contribution in [0.2, 0.25) is 0 Å². The molecule has 28 heavy (non-hydrogen) atoms. The molecule has 9 heteroatoms. The molecule has 1 N–H and O–H groups in total. The lowest BCUT2D eigenvalue weighted by atomic mass is 10.1. The van der Waals surface area contributed by atoms with Crippen LogP contribution in [0.15, 0.2) is 58.3 Å². The van der Waals surface area contributed by atoms with Crippen molar-refractivity contribution >= 4 is 39.0 Å². The maximum Gasteiger partial charge on any atom is 0.293 e. The molecule has 4 aromatic rings. The number of nitrogens with one attached hydrogen (secondary N) is 1. The third-order valence-corrected chi connectivity index (χ3v) is 4.81. The first-order chi connectivity index (χ1) is 13.5. The number of aromatic nitrogens is 1. The SMILES string of the molecule is COc1cccc2cc(C(=O)Nc3nc(-c4ccc([N+](=O)[O-])cc4)cs3)oc12. The molecular weight excluding hydrogens is 382 g/mol. The topological polar surface area (TPSA) is 108 Å². The van der Waals surface area contributed by atoms with Crippen LogP contribution in [0.5, 0.6) is 5.75 Å². The molecule has 1 amide bonds. The monoisotopic (exact) mass is 395 g/mol. The summed E-state index contributed by atoms with van der Waals surface area (Å²) in [6.07, 6.45) is 0. The Labute approximate surface area is 162 Å². The number of non-ortho nitro benzene ring substituents is 1. The number of anilines is 1. The van der Waals surface area contributed by atoms with Crippen LogP contribution in [-0.4, -0.2) is 22.9 Å². The normalized spacial score (nSPS) is 10.8. The zero-order chi connectivity index (χ0) is 19.7. The Kier molecular flexibility index (Phi) is 4.50. The average Bonchev–Trinajstić information content (AvgIpc) is 3.34. The highest BCUT2D eigenvalue weighted by molar-refractivity contribution is 7.14. The number of fused-ring (bicyclic) bond motifs is 1. The van der Waals surface area contributed by atoms with Gasteiger partial charge in [0.1, 0.15) is 0 Å². The molecule has 0 spiro atoms. The Bertz CT molecular complexity index is 1180. The van der Waals surface area contributed by atoms with Crippen LogP contribution >= 0.6 is 11.3 Å². The van der Waals surface area contributed by atoms with Gasteiger partial charge in [-0.1, -0.05) is 12.1 Å². The number of ether oxygens (including phenoxy) is 1. The minimum absolute atomic E-state index is 0.00724. The first-order valence-electron chi connectivity index (χ1n) is 8.13. The number of carbonyl (C=O) groups excluding carboxylic acids is 1. The summed E-state index contributed by atoms with van der Waals surface area (Å²) in [6.45, 7) is 0. The number of carbonyl (C=O) groups is 1. The number of methoxy groups -OCH3 is 1. The van der Waals surface area contributed by atoms with Crippen molar-refractivity contribution < 1.29 is 18.9 Å². The van der Waals surface area contributed by atoms with E-state index in [9.17, 15) is 14.9 Å². The molecule has 0 aliphatic carbocycles. The number of rotatable bonds is 5. The van der Waals surface area contributed by atoms with Gasteiger partial charge in [0.25, 0.3) is 11.6 Å². The first kappa shape index (κ1) is 17.7. The van der Waals surface area contributed by atoms with E-state index in [1.54, 1.807) is 29.6 Å². The maximum atomic E-state index is 12.5. The molecule has 2 aromatic heterocycles. The summed E-state index contributed by atoms with van der Waals surface area (Å²) >= 11 is 1.25. The van der Waals surface area contributed by atoms with Crippen molar-refractivity contribution in [2.45, 2.75) is 0 Å². The largest absolute Gasteiger partial charge is 0.493 e. The molecule has 140 valence electrons. The Hall–Kier alpha value is -3.72. The number of nitro benzene ring substituents is 1. The summed E-state index contributed by atoms with van der Waals surface area (Å²) in [6, 6.07) is 13.1. The summed E-state index contributed by atoms with van der Waals surface area (Å²) < 4.78 is 10.9. The fourth-order valence-corrected chi connectivity index (χ4v) is 3.40. The Morgan fingerprint density at radius 1 is 1.25 bits per heavy atom. The zero-order valence-electron chi connectivity index (χ0n) is 14.5. The van der Waals surface area contributed by atoms with Crippen LogP contribution in [0, 0.1) is 10.1 Å². The molecule has 0 aliphatic rings. The van der Waals surface area contributed by atoms with Crippen molar-refractivity contribution in [1.82, 2.24) is 4.98 Å². The number of furan rings is 1. The van der Waals surface area contributed by atoms with Crippen molar-refractivity contribution in [2.75, 3.05) is 12.4 Å². The van der Waals surface area contributed by atoms with Crippen LogP contribution in [-0.2, 0) is 0 Å². The van der Waals surface area contributed by atoms with Gasteiger partial charge in [-0.2, -0.15) is 0 Å². The Morgan fingerprint density at radius 2 is 2.04 bits per heavy atom. The van der Waals surface area contributed by atoms with E-state index >= 15 is 0 Å². The van der Waals surface area contributed by atoms with E-state index in [1.807, 2.05) is 12.1 Å². The van der Waals surface area contributed by atoms with E-state index in [2.05, 4.69) is 10.3 Å². The average molecular weight is 395 g/mol. The number of nitrogens with zero attached hydrogens (tertiary/aromatic N) is 2. The van der Waals surface area contributed by atoms with E-state index in [-0.39, 0.29) is 11.4 Å². The molecule has 0 atom stereocenters. The number of hydrogen-bond acceptors (Lipinski definition) is 7. The molecule has 0 saturated heterocycles. The number of nitro groups is 1. The van der Waals surface area contributed by atoms with Crippen molar-refractivity contribution in [3.8, 4) is 17.0 Å². The highest BCUT2D eigenvalue weighted by Gasteiger charge is 2.16. The summed E-state index contributed by atoms with van der Waals surface area (Å²) in [5.74, 6) is 0.265. The lowest BCUT2D eigenvalue weighted by Gasteiger charge is -1.99. The van der Waals surface area contributed by atoms with Gasteiger partial charge in [-0.15, -0.1) is 11.3 Å². The highest BCUT2D eigenvalue weighted by Crippen LogP contribution is 2.30. The predicted octanol–water partition coefficient (Wildman–Crippen LogP) is 4.73. The van der Waals surface area contributed by atoms with Gasteiger partial charge < -0.3 is 9.15 Å².